The monoisotopic (exact) mass is 324 g/mol. The highest BCUT2D eigenvalue weighted by Crippen LogP contribution is 2.65. The summed E-state index contributed by atoms with van der Waals surface area (Å²) < 4.78 is 0. The van der Waals surface area contributed by atoms with Gasteiger partial charge in [-0.05, 0) is 78.9 Å². The number of aliphatic hydroxyl groups is 3. The Morgan fingerprint density at radius 1 is 0.913 bits per heavy atom. The topological polar surface area (TPSA) is 60.7 Å². The van der Waals surface area contributed by atoms with Gasteiger partial charge in [0, 0.05) is 13.2 Å². The van der Waals surface area contributed by atoms with Gasteiger partial charge in [0.25, 0.3) is 0 Å². The van der Waals surface area contributed by atoms with Gasteiger partial charge < -0.3 is 15.3 Å². The molecule has 134 valence electrons. The molecule has 1 unspecified atom stereocenters. The average molecular weight is 325 g/mol. The Hall–Kier alpha value is -0.120. The Labute approximate surface area is 141 Å². The molecule has 0 amide bonds. The summed E-state index contributed by atoms with van der Waals surface area (Å²) in [6.07, 6.45) is 8.45. The second-order valence-corrected chi connectivity index (χ2v) is 9.68. The lowest BCUT2D eigenvalue weighted by atomic mass is 9.42. The fourth-order valence-corrected chi connectivity index (χ4v) is 6.98. The van der Waals surface area contributed by atoms with Crippen molar-refractivity contribution in [1.82, 2.24) is 0 Å². The van der Waals surface area contributed by atoms with Crippen LogP contribution in [-0.4, -0.2) is 34.6 Å². The summed E-state index contributed by atoms with van der Waals surface area (Å²) in [5, 5.41) is 30.5. The zero-order valence-electron chi connectivity index (χ0n) is 15.2. The Morgan fingerprint density at radius 3 is 2.30 bits per heavy atom. The highest BCUT2D eigenvalue weighted by molar-refractivity contribution is 5.09. The first-order chi connectivity index (χ1) is 10.8. The van der Waals surface area contributed by atoms with Crippen molar-refractivity contribution in [2.45, 2.75) is 78.2 Å². The van der Waals surface area contributed by atoms with Crippen LogP contribution in [0.2, 0.25) is 0 Å². The minimum atomic E-state index is -0.284. The zero-order valence-corrected chi connectivity index (χ0v) is 15.2. The van der Waals surface area contributed by atoms with E-state index < -0.39 is 0 Å². The van der Waals surface area contributed by atoms with Crippen molar-refractivity contribution in [3.63, 3.8) is 0 Å². The molecule has 3 fully saturated rings. The predicted octanol–water partition coefficient (Wildman–Crippen LogP) is 3.36. The number of hydrogen-bond acceptors (Lipinski definition) is 3. The molecule has 3 rings (SSSR count). The second kappa shape index (κ2) is 6.00. The van der Waals surface area contributed by atoms with Crippen molar-refractivity contribution in [1.29, 1.82) is 0 Å². The maximum absolute atomic E-state index is 11.1. The van der Waals surface area contributed by atoms with E-state index in [1.54, 1.807) is 0 Å². The standard InChI is InChI=1S/C20H36O3/c1-18(11-12-21)10-7-15-14(17(18)23)5-6-16-19(2,13-22)8-4-9-20(15,16)3/h14-17,21-23H,4-13H2,1-3H3/t14-,15+,16?,17+,18-,19+,20-/m1/s1. The van der Waals surface area contributed by atoms with Crippen LogP contribution in [0.5, 0.6) is 0 Å². The van der Waals surface area contributed by atoms with Gasteiger partial charge in [0.05, 0.1) is 6.10 Å². The lowest BCUT2D eigenvalue weighted by molar-refractivity contribution is -0.180. The molecular formula is C20H36O3. The molecule has 0 saturated heterocycles. The van der Waals surface area contributed by atoms with Crippen LogP contribution in [0.1, 0.15) is 72.1 Å². The maximum Gasteiger partial charge on any atom is 0.0625 e. The van der Waals surface area contributed by atoms with E-state index in [0.29, 0.717) is 30.8 Å². The molecule has 0 aromatic carbocycles. The molecule has 3 heteroatoms. The van der Waals surface area contributed by atoms with Crippen LogP contribution < -0.4 is 0 Å². The number of fused-ring (bicyclic) bond motifs is 3. The van der Waals surface area contributed by atoms with Crippen molar-refractivity contribution in [2.75, 3.05) is 13.2 Å². The third-order valence-electron chi connectivity index (χ3n) is 8.44. The average Bonchev–Trinajstić information content (AvgIpc) is 2.51. The summed E-state index contributed by atoms with van der Waals surface area (Å²) in [7, 11) is 0. The molecule has 7 atom stereocenters. The van der Waals surface area contributed by atoms with Gasteiger partial charge in [-0.1, -0.05) is 27.2 Å². The van der Waals surface area contributed by atoms with Gasteiger partial charge in [0.15, 0.2) is 0 Å². The van der Waals surface area contributed by atoms with Crippen LogP contribution in [0, 0.1) is 34.0 Å². The Morgan fingerprint density at radius 2 is 1.65 bits per heavy atom. The van der Waals surface area contributed by atoms with Crippen LogP contribution in [0.15, 0.2) is 0 Å². The summed E-state index contributed by atoms with van der Waals surface area (Å²) in [6.45, 7) is 7.37. The van der Waals surface area contributed by atoms with Crippen LogP contribution in [0.3, 0.4) is 0 Å². The SMILES string of the molecule is C[C@@]1(CO)CCC[C@@]2(C)C1CC[C@H]1[C@H](O)[C@@](C)(CCO)CC[C@@H]12. The lowest BCUT2D eigenvalue weighted by Crippen LogP contribution is -2.59. The van der Waals surface area contributed by atoms with Gasteiger partial charge in [-0.2, -0.15) is 0 Å². The molecule has 23 heavy (non-hydrogen) atoms. The highest BCUT2D eigenvalue weighted by Gasteiger charge is 2.59. The Balaban J connectivity index is 1.87. The molecule has 3 N–H and O–H groups in total. The van der Waals surface area contributed by atoms with Crippen LogP contribution in [0.4, 0.5) is 0 Å². The van der Waals surface area contributed by atoms with Crippen LogP contribution in [0.25, 0.3) is 0 Å². The second-order valence-electron chi connectivity index (χ2n) is 9.68. The van der Waals surface area contributed by atoms with E-state index in [2.05, 4.69) is 20.8 Å². The number of rotatable bonds is 3. The smallest absolute Gasteiger partial charge is 0.0625 e. The molecule has 3 aliphatic carbocycles. The largest absolute Gasteiger partial charge is 0.396 e. The van der Waals surface area contributed by atoms with Gasteiger partial charge in [0.1, 0.15) is 0 Å². The van der Waals surface area contributed by atoms with E-state index in [9.17, 15) is 15.3 Å². The van der Waals surface area contributed by atoms with E-state index in [0.717, 1.165) is 25.7 Å². The number of aliphatic hydroxyl groups excluding tert-OH is 3. The van der Waals surface area contributed by atoms with Gasteiger partial charge in [-0.3, -0.25) is 0 Å². The molecule has 0 aromatic rings. The first-order valence-corrected chi connectivity index (χ1v) is 9.70. The van der Waals surface area contributed by atoms with E-state index in [1.807, 2.05) is 0 Å². The van der Waals surface area contributed by atoms with E-state index in [4.69, 9.17) is 0 Å². The Bertz CT molecular complexity index is 439. The molecule has 0 spiro atoms. The first kappa shape index (κ1) is 17.7. The molecule has 3 nitrogen and oxygen atoms in total. The van der Waals surface area contributed by atoms with Gasteiger partial charge >= 0.3 is 0 Å². The molecule has 0 radical (unpaired) electrons. The van der Waals surface area contributed by atoms with E-state index in [-0.39, 0.29) is 29.0 Å². The fourth-order valence-electron chi connectivity index (χ4n) is 6.98. The van der Waals surface area contributed by atoms with E-state index in [1.165, 1.54) is 19.3 Å². The maximum atomic E-state index is 11.1. The summed E-state index contributed by atoms with van der Waals surface area (Å²) in [6, 6.07) is 0. The third-order valence-corrected chi connectivity index (χ3v) is 8.44. The Kier molecular flexibility index (Phi) is 4.61. The molecule has 0 bridgehead atoms. The third kappa shape index (κ3) is 2.58. The molecule has 3 aliphatic rings. The first-order valence-electron chi connectivity index (χ1n) is 9.70. The summed E-state index contributed by atoms with van der Waals surface area (Å²) >= 11 is 0. The summed E-state index contributed by atoms with van der Waals surface area (Å²) in [4.78, 5) is 0. The van der Waals surface area contributed by atoms with Crippen LogP contribution >= 0.6 is 0 Å². The summed E-state index contributed by atoms with van der Waals surface area (Å²) in [5.74, 6) is 1.54. The van der Waals surface area contributed by atoms with Gasteiger partial charge in [-0.25, -0.2) is 0 Å². The predicted molar refractivity (Wildman–Crippen MR) is 91.9 cm³/mol. The zero-order chi connectivity index (χ0) is 16.9. The van der Waals surface area contributed by atoms with Crippen molar-refractivity contribution >= 4 is 0 Å². The molecular weight excluding hydrogens is 288 g/mol. The van der Waals surface area contributed by atoms with Crippen molar-refractivity contribution in [3.8, 4) is 0 Å². The van der Waals surface area contributed by atoms with Crippen LogP contribution in [-0.2, 0) is 0 Å². The summed E-state index contributed by atoms with van der Waals surface area (Å²) in [5.41, 5.74) is 0.211. The van der Waals surface area contributed by atoms with Crippen molar-refractivity contribution in [3.05, 3.63) is 0 Å². The van der Waals surface area contributed by atoms with Crippen molar-refractivity contribution in [2.24, 2.45) is 34.0 Å². The van der Waals surface area contributed by atoms with E-state index >= 15 is 0 Å². The van der Waals surface area contributed by atoms with Gasteiger partial charge in [-0.15, -0.1) is 0 Å². The quantitative estimate of drug-likeness (QED) is 0.746. The molecule has 0 heterocycles. The van der Waals surface area contributed by atoms with Gasteiger partial charge in [0.2, 0.25) is 0 Å². The molecule has 0 aromatic heterocycles. The molecule has 3 saturated carbocycles. The minimum Gasteiger partial charge on any atom is -0.396 e. The molecule has 0 aliphatic heterocycles. The minimum absolute atomic E-state index is 0.0643. The number of hydrogen-bond donors (Lipinski definition) is 3. The lowest BCUT2D eigenvalue weighted by Gasteiger charge is -2.63. The normalized spacial score (nSPS) is 53.5. The fraction of sp³-hybridized carbons (Fsp3) is 1.00. The van der Waals surface area contributed by atoms with Crippen molar-refractivity contribution < 1.29 is 15.3 Å². The highest BCUT2D eigenvalue weighted by atomic mass is 16.3.